The highest BCUT2D eigenvalue weighted by molar-refractivity contribution is 4.79. The van der Waals surface area contributed by atoms with Gasteiger partial charge in [-0.25, -0.2) is 0 Å². The second kappa shape index (κ2) is 5.28. The molecule has 2 aliphatic rings. The van der Waals surface area contributed by atoms with Crippen molar-refractivity contribution in [1.29, 1.82) is 0 Å². The summed E-state index contributed by atoms with van der Waals surface area (Å²) in [4.78, 5) is 2.56. The molecule has 0 aromatic carbocycles. The van der Waals surface area contributed by atoms with Gasteiger partial charge in [0, 0.05) is 13.1 Å². The van der Waals surface area contributed by atoms with Gasteiger partial charge in [-0.1, -0.05) is 6.92 Å². The van der Waals surface area contributed by atoms with Crippen molar-refractivity contribution in [3.63, 3.8) is 0 Å². The van der Waals surface area contributed by atoms with Crippen molar-refractivity contribution >= 4 is 0 Å². The second-order valence-corrected chi connectivity index (χ2v) is 5.18. The van der Waals surface area contributed by atoms with E-state index >= 15 is 0 Å². The van der Waals surface area contributed by atoms with Gasteiger partial charge in [0.25, 0.3) is 0 Å². The highest BCUT2D eigenvalue weighted by Crippen LogP contribution is 2.22. The number of nitrogens with zero attached hydrogens (tertiary/aromatic N) is 1. The molecule has 2 saturated heterocycles. The molecule has 2 atom stereocenters. The minimum atomic E-state index is 0.332. The second-order valence-electron chi connectivity index (χ2n) is 5.18. The molecule has 0 saturated carbocycles. The molecule has 2 fully saturated rings. The lowest BCUT2D eigenvalue weighted by Gasteiger charge is -2.31. The Morgan fingerprint density at radius 3 is 2.40 bits per heavy atom. The third-order valence-corrected chi connectivity index (χ3v) is 3.80. The number of rotatable bonds is 3. The molecule has 0 aliphatic carbocycles. The zero-order valence-corrected chi connectivity index (χ0v) is 9.82. The van der Waals surface area contributed by atoms with Crippen LogP contribution in [0.15, 0.2) is 0 Å². The number of nitrogens with two attached hydrogens (primary N) is 1. The molecular weight excluding hydrogens is 188 g/mol. The summed E-state index contributed by atoms with van der Waals surface area (Å²) < 4.78 is 5.87. The number of likely N-dealkylation sites (tertiary alicyclic amines) is 1. The molecule has 2 heterocycles. The fraction of sp³-hybridized carbons (Fsp3) is 1.00. The van der Waals surface area contributed by atoms with E-state index in [1.54, 1.807) is 0 Å². The van der Waals surface area contributed by atoms with E-state index in [2.05, 4.69) is 11.8 Å². The van der Waals surface area contributed by atoms with Crippen LogP contribution < -0.4 is 5.73 Å². The smallest absolute Gasteiger partial charge is 0.0707 e. The molecule has 0 radical (unpaired) electrons. The maximum Gasteiger partial charge on any atom is 0.0707 e. The summed E-state index contributed by atoms with van der Waals surface area (Å²) in [6, 6.07) is 0. The van der Waals surface area contributed by atoms with E-state index in [1.165, 1.54) is 32.4 Å². The normalized spacial score (nSPS) is 34.8. The van der Waals surface area contributed by atoms with Crippen LogP contribution in [-0.2, 0) is 4.74 Å². The first kappa shape index (κ1) is 11.4. The molecule has 0 bridgehead atoms. The molecule has 0 amide bonds. The average molecular weight is 212 g/mol. The monoisotopic (exact) mass is 212 g/mol. The molecule has 2 unspecified atom stereocenters. The van der Waals surface area contributed by atoms with Crippen molar-refractivity contribution in [1.82, 2.24) is 4.90 Å². The van der Waals surface area contributed by atoms with Crippen molar-refractivity contribution in [2.75, 3.05) is 26.2 Å². The van der Waals surface area contributed by atoms with E-state index in [-0.39, 0.29) is 0 Å². The number of ether oxygens (including phenoxy) is 1. The first-order valence-electron chi connectivity index (χ1n) is 6.36. The summed E-state index contributed by atoms with van der Waals surface area (Å²) >= 11 is 0. The summed E-state index contributed by atoms with van der Waals surface area (Å²) in [6.07, 6.45) is 5.85. The van der Waals surface area contributed by atoms with Crippen LogP contribution in [0.1, 0.15) is 32.6 Å². The maximum atomic E-state index is 5.87. The van der Waals surface area contributed by atoms with Gasteiger partial charge < -0.3 is 15.4 Å². The third-order valence-electron chi connectivity index (χ3n) is 3.80. The van der Waals surface area contributed by atoms with Crippen molar-refractivity contribution in [2.45, 2.75) is 44.8 Å². The quantitative estimate of drug-likeness (QED) is 0.764. The Morgan fingerprint density at radius 1 is 1.13 bits per heavy atom. The molecule has 0 aromatic rings. The molecule has 15 heavy (non-hydrogen) atoms. The van der Waals surface area contributed by atoms with Gasteiger partial charge in [-0.05, 0) is 44.7 Å². The van der Waals surface area contributed by atoms with E-state index < -0.39 is 0 Å². The van der Waals surface area contributed by atoms with Crippen LogP contribution in [0.25, 0.3) is 0 Å². The van der Waals surface area contributed by atoms with Gasteiger partial charge in [0.05, 0.1) is 12.2 Å². The van der Waals surface area contributed by atoms with Gasteiger partial charge >= 0.3 is 0 Å². The van der Waals surface area contributed by atoms with Crippen LogP contribution in [0.4, 0.5) is 0 Å². The van der Waals surface area contributed by atoms with Crippen molar-refractivity contribution in [3.8, 4) is 0 Å². The first-order chi connectivity index (χ1) is 7.28. The fourth-order valence-corrected chi connectivity index (χ4v) is 2.62. The summed E-state index contributed by atoms with van der Waals surface area (Å²) in [5, 5.41) is 0. The van der Waals surface area contributed by atoms with Crippen LogP contribution in [0.5, 0.6) is 0 Å². The predicted octanol–water partition coefficient (Wildman–Crippen LogP) is 1.22. The van der Waals surface area contributed by atoms with Gasteiger partial charge in [0.15, 0.2) is 0 Å². The highest BCUT2D eigenvalue weighted by atomic mass is 16.5. The van der Waals surface area contributed by atoms with Gasteiger partial charge in [0.1, 0.15) is 0 Å². The SMILES string of the molecule is CC1CCN(CC2CCC(CN)O2)CC1. The van der Waals surface area contributed by atoms with Gasteiger partial charge in [-0.15, -0.1) is 0 Å². The van der Waals surface area contributed by atoms with Crippen LogP contribution in [0, 0.1) is 5.92 Å². The summed E-state index contributed by atoms with van der Waals surface area (Å²) in [6.45, 7) is 6.69. The van der Waals surface area contributed by atoms with E-state index in [4.69, 9.17) is 10.5 Å². The zero-order valence-electron chi connectivity index (χ0n) is 9.82. The summed E-state index contributed by atoms with van der Waals surface area (Å²) in [5.41, 5.74) is 5.61. The van der Waals surface area contributed by atoms with Crippen LogP contribution in [0.2, 0.25) is 0 Å². The Balaban J connectivity index is 1.69. The van der Waals surface area contributed by atoms with Crippen LogP contribution in [0.3, 0.4) is 0 Å². The topological polar surface area (TPSA) is 38.5 Å². The first-order valence-corrected chi connectivity index (χ1v) is 6.36. The molecule has 0 spiro atoms. The largest absolute Gasteiger partial charge is 0.372 e. The molecule has 3 heteroatoms. The molecule has 0 aromatic heterocycles. The zero-order chi connectivity index (χ0) is 10.7. The highest BCUT2D eigenvalue weighted by Gasteiger charge is 2.26. The van der Waals surface area contributed by atoms with Crippen LogP contribution in [-0.4, -0.2) is 43.3 Å². The fourth-order valence-electron chi connectivity index (χ4n) is 2.62. The Labute approximate surface area is 93.0 Å². The number of piperidine rings is 1. The third kappa shape index (κ3) is 3.16. The van der Waals surface area contributed by atoms with Gasteiger partial charge in [-0.3, -0.25) is 0 Å². The predicted molar refractivity (Wildman–Crippen MR) is 61.8 cm³/mol. The Morgan fingerprint density at radius 2 is 1.80 bits per heavy atom. The van der Waals surface area contributed by atoms with Crippen molar-refractivity contribution < 1.29 is 4.74 Å². The van der Waals surface area contributed by atoms with E-state index in [9.17, 15) is 0 Å². The van der Waals surface area contributed by atoms with Gasteiger partial charge in [0.2, 0.25) is 0 Å². The Bertz CT molecular complexity index is 190. The molecule has 2 aliphatic heterocycles. The van der Waals surface area contributed by atoms with E-state index in [1.807, 2.05) is 0 Å². The van der Waals surface area contributed by atoms with Crippen LogP contribution >= 0.6 is 0 Å². The Hall–Kier alpha value is -0.120. The number of hydrogen-bond donors (Lipinski definition) is 1. The molecular formula is C12H24N2O. The minimum absolute atomic E-state index is 0.332. The lowest BCUT2D eigenvalue weighted by molar-refractivity contribution is 0.0206. The molecule has 3 nitrogen and oxygen atoms in total. The molecule has 88 valence electrons. The van der Waals surface area contributed by atoms with Gasteiger partial charge in [-0.2, -0.15) is 0 Å². The summed E-state index contributed by atoms with van der Waals surface area (Å²) in [5.74, 6) is 0.919. The number of hydrogen-bond acceptors (Lipinski definition) is 3. The molecule has 2 N–H and O–H groups in total. The lowest BCUT2D eigenvalue weighted by atomic mass is 9.99. The Kier molecular flexibility index (Phi) is 4.00. The summed E-state index contributed by atoms with van der Waals surface area (Å²) in [7, 11) is 0. The van der Waals surface area contributed by atoms with Crippen molar-refractivity contribution in [3.05, 3.63) is 0 Å². The average Bonchev–Trinajstić information content (AvgIpc) is 2.69. The van der Waals surface area contributed by atoms with E-state index in [0.717, 1.165) is 18.9 Å². The van der Waals surface area contributed by atoms with Crippen molar-refractivity contribution in [2.24, 2.45) is 11.7 Å². The minimum Gasteiger partial charge on any atom is -0.372 e. The maximum absolute atomic E-state index is 5.87. The lowest BCUT2D eigenvalue weighted by Crippen LogP contribution is -2.38. The molecule has 2 rings (SSSR count). The van der Waals surface area contributed by atoms with E-state index in [0.29, 0.717) is 18.8 Å². The standard InChI is InChI=1S/C12H24N2O/c1-10-4-6-14(7-5-10)9-12-3-2-11(8-13)15-12/h10-12H,2-9,13H2,1H3.